The zero-order valence-corrected chi connectivity index (χ0v) is 11.1. The third-order valence-corrected chi connectivity index (χ3v) is 2.79. The predicted octanol–water partition coefficient (Wildman–Crippen LogP) is 1.40. The third-order valence-electron chi connectivity index (χ3n) is 2.79. The second kappa shape index (κ2) is 7.53. The van der Waals surface area contributed by atoms with Crippen molar-refractivity contribution in [1.29, 1.82) is 0 Å². The summed E-state index contributed by atoms with van der Waals surface area (Å²) in [7, 11) is 0. The van der Waals surface area contributed by atoms with E-state index >= 15 is 0 Å². The van der Waals surface area contributed by atoms with Gasteiger partial charge in [0.2, 0.25) is 5.91 Å². The maximum absolute atomic E-state index is 11.5. The van der Waals surface area contributed by atoms with Crippen LogP contribution < -0.4 is 5.32 Å². The number of carbonyl (C=O) groups is 2. The predicted molar refractivity (Wildman–Crippen MR) is 70.9 cm³/mol. The number of nitrogens with one attached hydrogen (secondary N) is 1. The van der Waals surface area contributed by atoms with Gasteiger partial charge in [-0.05, 0) is 18.4 Å². The molecule has 2 atom stereocenters. The number of carboxylic acid groups (broad SMARTS) is 1. The first-order chi connectivity index (χ1) is 9.00. The highest BCUT2D eigenvalue weighted by Crippen LogP contribution is 2.12. The number of benzene rings is 1. The number of carboxylic acids is 1. The van der Waals surface area contributed by atoms with Crippen molar-refractivity contribution >= 4 is 11.9 Å². The van der Waals surface area contributed by atoms with Crippen LogP contribution in [0.5, 0.6) is 0 Å². The van der Waals surface area contributed by atoms with E-state index in [-0.39, 0.29) is 18.4 Å². The van der Waals surface area contributed by atoms with Gasteiger partial charge in [0.1, 0.15) is 6.61 Å². The Morgan fingerprint density at radius 3 is 2.47 bits per heavy atom. The monoisotopic (exact) mass is 265 g/mol. The van der Waals surface area contributed by atoms with Gasteiger partial charge < -0.3 is 15.2 Å². The first kappa shape index (κ1) is 15.2. The number of aliphatic carboxylic acids is 1. The molecule has 0 saturated heterocycles. The average molecular weight is 265 g/mol. The van der Waals surface area contributed by atoms with Crippen LogP contribution in [0.4, 0.5) is 0 Å². The lowest BCUT2D eigenvalue weighted by Crippen LogP contribution is -2.33. The van der Waals surface area contributed by atoms with Crippen LogP contribution in [0.15, 0.2) is 30.3 Å². The van der Waals surface area contributed by atoms with E-state index in [1.807, 2.05) is 37.3 Å². The van der Waals surface area contributed by atoms with E-state index in [0.29, 0.717) is 6.54 Å². The molecule has 0 aliphatic rings. The molecule has 1 aromatic carbocycles. The summed E-state index contributed by atoms with van der Waals surface area (Å²) in [6.07, 6.45) is -0.975. The minimum atomic E-state index is -1.08. The van der Waals surface area contributed by atoms with E-state index in [9.17, 15) is 9.59 Å². The summed E-state index contributed by atoms with van der Waals surface area (Å²) in [5.41, 5.74) is 1.14. The van der Waals surface area contributed by atoms with E-state index in [0.717, 1.165) is 5.56 Å². The molecule has 1 unspecified atom stereocenters. The summed E-state index contributed by atoms with van der Waals surface area (Å²) >= 11 is 0. The minimum Gasteiger partial charge on any atom is -0.479 e. The van der Waals surface area contributed by atoms with Crippen molar-refractivity contribution < 1.29 is 19.4 Å². The highest BCUT2D eigenvalue weighted by atomic mass is 16.5. The van der Waals surface area contributed by atoms with E-state index in [1.54, 1.807) is 0 Å². The first-order valence-electron chi connectivity index (χ1n) is 6.16. The number of hydrogen-bond donors (Lipinski definition) is 2. The maximum Gasteiger partial charge on any atom is 0.332 e. The van der Waals surface area contributed by atoms with Crippen LogP contribution in [0, 0.1) is 0 Å². The van der Waals surface area contributed by atoms with Crippen LogP contribution in [0.25, 0.3) is 0 Å². The summed E-state index contributed by atoms with van der Waals surface area (Å²) < 4.78 is 4.89. The van der Waals surface area contributed by atoms with Crippen molar-refractivity contribution in [2.75, 3.05) is 13.2 Å². The smallest absolute Gasteiger partial charge is 0.332 e. The van der Waals surface area contributed by atoms with Crippen molar-refractivity contribution in [3.05, 3.63) is 35.9 Å². The first-order valence-corrected chi connectivity index (χ1v) is 6.16. The van der Waals surface area contributed by atoms with Crippen LogP contribution in [0.3, 0.4) is 0 Å². The molecule has 0 spiro atoms. The summed E-state index contributed by atoms with van der Waals surface area (Å²) in [5, 5.41) is 11.3. The van der Waals surface area contributed by atoms with Crippen LogP contribution in [-0.2, 0) is 14.3 Å². The van der Waals surface area contributed by atoms with Gasteiger partial charge in [-0.3, -0.25) is 4.79 Å². The van der Waals surface area contributed by atoms with Gasteiger partial charge in [0, 0.05) is 6.54 Å². The third kappa shape index (κ3) is 5.52. The van der Waals surface area contributed by atoms with Crippen molar-refractivity contribution in [2.45, 2.75) is 25.9 Å². The number of carbonyl (C=O) groups excluding carboxylic acids is 1. The van der Waals surface area contributed by atoms with Gasteiger partial charge >= 0.3 is 5.97 Å². The van der Waals surface area contributed by atoms with Gasteiger partial charge in [-0.15, -0.1) is 0 Å². The SMILES string of the molecule is CC(CNC(=O)CO[C@H](C)C(=O)O)c1ccccc1. The molecule has 0 aromatic heterocycles. The van der Waals surface area contributed by atoms with E-state index in [2.05, 4.69) is 5.32 Å². The van der Waals surface area contributed by atoms with Gasteiger partial charge in [-0.2, -0.15) is 0 Å². The van der Waals surface area contributed by atoms with Crippen molar-refractivity contribution in [2.24, 2.45) is 0 Å². The highest BCUT2D eigenvalue weighted by Gasteiger charge is 2.13. The molecule has 1 amide bonds. The molecule has 1 rings (SSSR count). The summed E-state index contributed by atoms with van der Waals surface area (Å²) in [6.45, 7) is 3.65. The lowest BCUT2D eigenvalue weighted by atomic mass is 10.0. The Balaban J connectivity index is 2.29. The Morgan fingerprint density at radius 1 is 1.26 bits per heavy atom. The Labute approximate surface area is 112 Å². The van der Waals surface area contributed by atoms with Gasteiger partial charge in [0.05, 0.1) is 0 Å². The van der Waals surface area contributed by atoms with Gasteiger partial charge in [0.15, 0.2) is 6.10 Å². The van der Waals surface area contributed by atoms with Crippen molar-refractivity contribution in [1.82, 2.24) is 5.32 Å². The van der Waals surface area contributed by atoms with Crippen molar-refractivity contribution in [3.8, 4) is 0 Å². The van der Waals surface area contributed by atoms with Crippen LogP contribution in [-0.4, -0.2) is 36.2 Å². The number of rotatable bonds is 7. The molecular formula is C14H19NO4. The fraction of sp³-hybridized carbons (Fsp3) is 0.429. The quantitative estimate of drug-likeness (QED) is 0.781. The minimum absolute atomic E-state index is 0.196. The van der Waals surface area contributed by atoms with Gasteiger partial charge in [-0.1, -0.05) is 37.3 Å². The summed E-state index contributed by atoms with van der Waals surface area (Å²) in [6, 6.07) is 9.84. The van der Waals surface area contributed by atoms with E-state index in [1.165, 1.54) is 6.92 Å². The molecule has 0 fully saturated rings. The molecule has 1 aromatic rings. The molecule has 0 radical (unpaired) electrons. The molecule has 19 heavy (non-hydrogen) atoms. The Morgan fingerprint density at radius 2 is 1.89 bits per heavy atom. The second-order valence-electron chi connectivity index (χ2n) is 4.41. The molecule has 0 aliphatic carbocycles. The van der Waals surface area contributed by atoms with Gasteiger partial charge in [-0.25, -0.2) is 4.79 Å². The second-order valence-corrected chi connectivity index (χ2v) is 4.41. The molecule has 0 aliphatic heterocycles. The number of hydrogen-bond acceptors (Lipinski definition) is 3. The zero-order chi connectivity index (χ0) is 14.3. The van der Waals surface area contributed by atoms with Crippen LogP contribution in [0.2, 0.25) is 0 Å². The molecule has 5 heteroatoms. The fourth-order valence-corrected chi connectivity index (χ4v) is 1.49. The van der Waals surface area contributed by atoms with Crippen LogP contribution >= 0.6 is 0 Å². The summed E-state index contributed by atoms with van der Waals surface area (Å²) in [4.78, 5) is 22.0. The molecule has 0 saturated carbocycles. The maximum atomic E-state index is 11.5. The lowest BCUT2D eigenvalue weighted by Gasteiger charge is -2.13. The Kier molecular flexibility index (Phi) is 6.02. The van der Waals surface area contributed by atoms with Crippen molar-refractivity contribution in [3.63, 3.8) is 0 Å². The van der Waals surface area contributed by atoms with Gasteiger partial charge in [0.25, 0.3) is 0 Å². The molecular weight excluding hydrogens is 246 g/mol. The Hall–Kier alpha value is -1.88. The normalized spacial score (nSPS) is 13.6. The van der Waals surface area contributed by atoms with E-state index < -0.39 is 12.1 Å². The average Bonchev–Trinajstić information content (AvgIpc) is 2.42. The largest absolute Gasteiger partial charge is 0.479 e. The van der Waals surface area contributed by atoms with Crippen LogP contribution in [0.1, 0.15) is 25.3 Å². The zero-order valence-electron chi connectivity index (χ0n) is 11.1. The highest BCUT2D eigenvalue weighted by molar-refractivity contribution is 5.78. The molecule has 104 valence electrons. The summed E-state index contributed by atoms with van der Waals surface area (Å²) in [5.74, 6) is -1.19. The lowest BCUT2D eigenvalue weighted by molar-refractivity contribution is -0.150. The molecule has 0 bridgehead atoms. The number of amides is 1. The molecule has 0 heterocycles. The standard InChI is InChI=1S/C14H19NO4/c1-10(12-6-4-3-5-7-12)8-15-13(16)9-19-11(2)14(17)18/h3-7,10-11H,8-9H2,1-2H3,(H,15,16)(H,17,18)/t10?,11-/m1/s1. The molecule has 2 N–H and O–H groups in total. The van der Waals surface area contributed by atoms with E-state index in [4.69, 9.17) is 9.84 Å². The fourth-order valence-electron chi connectivity index (χ4n) is 1.49. The Bertz CT molecular complexity index is 419. The molecule has 5 nitrogen and oxygen atoms in total. The topological polar surface area (TPSA) is 75.6 Å². The number of ether oxygens (including phenoxy) is 1.